The number of fused-ring (bicyclic) bond motifs is 2. The summed E-state index contributed by atoms with van der Waals surface area (Å²) in [4.78, 5) is 30.3. The van der Waals surface area contributed by atoms with Crippen LogP contribution in [0.4, 0.5) is 15.5 Å². The molecule has 3 aliphatic heterocycles. The van der Waals surface area contributed by atoms with E-state index in [1.165, 1.54) is 5.56 Å². The Morgan fingerprint density at radius 2 is 1.70 bits per heavy atom. The van der Waals surface area contributed by atoms with Crippen molar-refractivity contribution >= 4 is 31.6 Å². The fourth-order valence-electron chi connectivity index (χ4n) is 7.78. The van der Waals surface area contributed by atoms with Gasteiger partial charge < -0.3 is 18.9 Å². The van der Waals surface area contributed by atoms with Gasteiger partial charge in [0.05, 0.1) is 37.0 Å². The minimum Gasteiger partial charge on any atom is -0.394 e. The van der Waals surface area contributed by atoms with Crippen molar-refractivity contribution in [3.05, 3.63) is 95.1 Å². The van der Waals surface area contributed by atoms with E-state index in [1.54, 1.807) is 18.0 Å². The Morgan fingerprint density at radius 3 is 2.45 bits per heavy atom. The van der Waals surface area contributed by atoms with Gasteiger partial charge in [0.15, 0.2) is 0 Å². The predicted octanol–water partition coefficient (Wildman–Crippen LogP) is 6.51. The van der Waals surface area contributed by atoms with Gasteiger partial charge in [-0.25, -0.2) is 0 Å². The molecule has 0 saturated carbocycles. The summed E-state index contributed by atoms with van der Waals surface area (Å²) in [5.74, 6) is -0.00697. The van der Waals surface area contributed by atoms with E-state index in [9.17, 15) is 14.7 Å². The van der Waals surface area contributed by atoms with Gasteiger partial charge in [0.25, 0.3) is 0 Å². The molecule has 0 spiro atoms. The Bertz CT molecular complexity index is 1520. The molecule has 232 valence electrons. The molecule has 0 radical (unpaired) electrons. The number of para-hydroxylation sites is 1. The van der Waals surface area contributed by atoms with Gasteiger partial charge in [-0.2, -0.15) is 0 Å². The molecule has 0 unspecified atom stereocenters. The molecule has 1 saturated heterocycles. The number of halogens is 1. The maximum atomic E-state index is 15.8. The van der Waals surface area contributed by atoms with E-state index in [0.717, 1.165) is 40.9 Å². The number of anilines is 2. The van der Waals surface area contributed by atoms with Crippen molar-refractivity contribution in [3.8, 4) is 0 Å². The Morgan fingerprint density at radius 1 is 0.977 bits per heavy atom. The number of hydrogen-bond acceptors (Lipinski definition) is 4. The van der Waals surface area contributed by atoms with E-state index in [4.69, 9.17) is 4.74 Å². The van der Waals surface area contributed by atoms with E-state index in [-0.39, 0.29) is 48.4 Å². The highest BCUT2D eigenvalue weighted by atomic mass is 28.4. The Labute approximate surface area is 261 Å². The highest BCUT2D eigenvalue weighted by molar-refractivity contribution is 6.72. The molecule has 0 aliphatic carbocycles. The van der Waals surface area contributed by atoms with Crippen LogP contribution in [0.15, 0.2) is 72.8 Å². The SMILES string of the molecule is C[C@H]1[C@H]([Si](C)(C)F)[C@@H](CC(=O)N2Cc3ccccc3C[C@H]2CO)O[C@H]1CCc1cccc(N2C(=O)CCc3ccccc32)c1. The smallest absolute Gasteiger partial charge is 0.246 e. The lowest BCUT2D eigenvalue weighted by Gasteiger charge is -2.37. The zero-order chi connectivity index (χ0) is 31.0. The molecule has 1 N–H and O–H groups in total. The molecule has 5 atom stereocenters. The summed E-state index contributed by atoms with van der Waals surface area (Å²) in [5.41, 5.74) is 6.04. The van der Waals surface area contributed by atoms with Crippen molar-refractivity contribution in [1.82, 2.24) is 4.90 Å². The lowest BCUT2D eigenvalue weighted by atomic mass is 9.93. The average Bonchev–Trinajstić information content (AvgIpc) is 3.33. The molecule has 3 aromatic rings. The predicted molar refractivity (Wildman–Crippen MR) is 173 cm³/mol. The van der Waals surface area contributed by atoms with E-state index in [2.05, 4.69) is 31.2 Å². The molecule has 3 aromatic carbocycles. The van der Waals surface area contributed by atoms with Gasteiger partial charge in [-0.15, -0.1) is 0 Å². The summed E-state index contributed by atoms with van der Waals surface area (Å²) in [6, 6.07) is 23.9. The first-order valence-electron chi connectivity index (χ1n) is 16.0. The lowest BCUT2D eigenvalue weighted by molar-refractivity contribution is -0.138. The number of carbonyl (C=O) groups is 2. The Kier molecular flexibility index (Phi) is 8.77. The third-order valence-electron chi connectivity index (χ3n) is 9.93. The van der Waals surface area contributed by atoms with Crippen LogP contribution in [-0.4, -0.2) is 55.1 Å². The monoisotopic (exact) mass is 614 g/mol. The number of hydrogen-bond donors (Lipinski definition) is 1. The molecule has 0 bridgehead atoms. The summed E-state index contributed by atoms with van der Waals surface area (Å²) >= 11 is 0. The van der Waals surface area contributed by atoms with E-state index in [1.807, 2.05) is 53.4 Å². The molecule has 6 rings (SSSR count). The highest BCUT2D eigenvalue weighted by Crippen LogP contribution is 2.47. The molecule has 1 fully saturated rings. The molecule has 2 amide bonds. The van der Waals surface area contributed by atoms with Gasteiger partial charge in [0.2, 0.25) is 20.2 Å². The summed E-state index contributed by atoms with van der Waals surface area (Å²) < 4.78 is 22.4. The van der Waals surface area contributed by atoms with Crippen molar-refractivity contribution in [2.45, 2.75) is 88.9 Å². The average molecular weight is 615 g/mol. The number of aryl methyl sites for hydroxylation is 2. The minimum atomic E-state index is -3.16. The van der Waals surface area contributed by atoms with Crippen LogP contribution >= 0.6 is 0 Å². The zero-order valence-corrected chi connectivity index (χ0v) is 26.9. The third kappa shape index (κ3) is 6.12. The standard InChI is InChI=1S/C36H43FN2O4Si/c1-24-32(17-15-25-9-8-13-29(19-25)39-31-14-7-6-10-26(31)16-18-34(39)41)43-33(36(24)44(2,3)37)21-35(42)38-22-28-12-5-4-11-27(28)20-30(38)23-40/h4-14,19,24,30,32-33,36,40H,15-18,20-23H2,1-3H3/t24-,30+,32+,33-,36+/m1/s1. The van der Waals surface area contributed by atoms with Gasteiger partial charge in [-0.3, -0.25) is 14.5 Å². The van der Waals surface area contributed by atoms with Crippen LogP contribution < -0.4 is 4.90 Å². The number of ether oxygens (including phenoxy) is 1. The van der Waals surface area contributed by atoms with Gasteiger partial charge in [0, 0.05) is 24.2 Å². The maximum Gasteiger partial charge on any atom is 0.246 e. The molecule has 6 nitrogen and oxygen atoms in total. The van der Waals surface area contributed by atoms with E-state index >= 15 is 4.11 Å². The minimum absolute atomic E-state index is 0.0195. The second kappa shape index (κ2) is 12.6. The Balaban J connectivity index is 1.15. The van der Waals surface area contributed by atoms with E-state index in [0.29, 0.717) is 25.8 Å². The lowest BCUT2D eigenvalue weighted by Crippen LogP contribution is -2.48. The molecular weight excluding hydrogens is 571 g/mol. The second-order valence-electron chi connectivity index (χ2n) is 13.3. The number of amides is 2. The van der Waals surface area contributed by atoms with Gasteiger partial charge in [-0.05, 0) is 85.1 Å². The quantitative estimate of drug-likeness (QED) is 0.232. The fourth-order valence-corrected chi connectivity index (χ4v) is 10.3. The first-order valence-corrected chi connectivity index (χ1v) is 18.9. The summed E-state index contributed by atoms with van der Waals surface area (Å²) in [5, 5.41) is 10.1. The first-order chi connectivity index (χ1) is 21.1. The van der Waals surface area contributed by atoms with Crippen LogP contribution in [0.5, 0.6) is 0 Å². The van der Waals surface area contributed by atoms with Crippen LogP contribution in [0, 0.1) is 5.92 Å². The highest BCUT2D eigenvalue weighted by Gasteiger charge is 2.52. The molecular formula is C36H43FN2O4Si. The van der Waals surface area contributed by atoms with Crippen LogP contribution in [-0.2, 0) is 40.1 Å². The number of nitrogens with zero attached hydrogens (tertiary/aromatic N) is 2. The summed E-state index contributed by atoms with van der Waals surface area (Å²) in [7, 11) is -3.16. The molecule has 0 aromatic heterocycles. The van der Waals surface area contributed by atoms with Crippen LogP contribution in [0.25, 0.3) is 0 Å². The molecule has 8 heteroatoms. The van der Waals surface area contributed by atoms with Gasteiger partial charge >= 0.3 is 0 Å². The van der Waals surface area contributed by atoms with E-state index < -0.39 is 14.5 Å². The molecule has 3 heterocycles. The number of aliphatic hydroxyl groups is 1. The second-order valence-corrected chi connectivity index (χ2v) is 17.1. The van der Waals surface area contributed by atoms with Crippen molar-refractivity contribution in [2.24, 2.45) is 5.92 Å². The normalized spacial score (nSPS) is 25.1. The van der Waals surface area contributed by atoms with Crippen molar-refractivity contribution in [3.63, 3.8) is 0 Å². The zero-order valence-electron chi connectivity index (χ0n) is 25.9. The number of aliphatic hydroxyl groups excluding tert-OH is 1. The molecule has 3 aliphatic rings. The van der Waals surface area contributed by atoms with Gasteiger partial charge in [0.1, 0.15) is 0 Å². The van der Waals surface area contributed by atoms with Crippen LogP contribution in [0.2, 0.25) is 18.6 Å². The van der Waals surface area contributed by atoms with Crippen molar-refractivity contribution < 1.29 is 23.5 Å². The fraction of sp³-hybridized carbons (Fsp3) is 0.444. The third-order valence-corrected chi connectivity index (χ3v) is 12.4. The van der Waals surface area contributed by atoms with Gasteiger partial charge in [-0.1, -0.05) is 61.5 Å². The first kappa shape index (κ1) is 30.7. The largest absolute Gasteiger partial charge is 0.394 e. The number of benzene rings is 3. The topological polar surface area (TPSA) is 70.1 Å². The summed E-state index contributed by atoms with van der Waals surface area (Å²) in [6.07, 6.45) is 2.76. The van der Waals surface area contributed by atoms with Crippen molar-refractivity contribution in [1.29, 1.82) is 0 Å². The van der Waals surface area contributed by atoms with Crippen LogP contribution in [0.3, 0.4) is 0 Å². The summed E-state index contributed by atoms with van der Waals surface area (Å²) in [6.45, 7) is 5.87. The number of rotatable bonds is 8. The molecule has 44 heavy (non-hydrogen) atoms. The maximum absolute atomic E-state index is 15.8. The number of carbonyl (C=O) groups excluding carboxylic acids is 2. The van der Waals surface area contributed by atoms with Crippen LogP contribution in [0.1, 0.15) is 48.4 Å². The van der Waals surface area contributed by atoms with Crippen molar-refractivity contribution in [2.75, 3.05) is 11.5 Å². The Hall–Kier alpha value is -3.33.